The molecule has 1 heterocycles. The Bertz CT molecular complexity index is 286. The van der Waals surface area contributed by atoms with Crippen LogP contribution in [0, 0.1) is 0 Å². The van der Waals surface area contributed by atoms with Crippen LogP contribution in [0.2, 0.25) is 0 Å². The van der Waals surface area contributed by atoms with Crippen molar-refractivity contribution >= 4 is 6.29 Å². The van der Waals surface area contributed by atoms with Crippen LogP contribution in [0.25, 0.3) is 0 Å². The smallest absolute Gasteiger partial charge is 0.150 e. The van der Waals surface area contributed by atoms with Crippen molar-refractivity contribution in [3.63, 3.8) is 0 Å². The molecular weight excluding hydrogens is 150 g/mol. The maximum Gasteiger partial charge on any atom is 0.150 e. The minimum Gasteiger partial charge on any atom is -0.298 e. The van der Waals surface area contributed by atoms with Crippen molar-refractivity contribution in [2.24, 2.45) is 0 Å². The molecule has 0 fully saturated rings. The van der Waals surface area contributed by atoms with E-state index in [4.69, 9.17) is 0 Å². The Morgan fingerprint density at radius 3 is 2.50 bits per heavy atom. The molecule has 64 valence electrons. The molecule has 0 spiro atoms. The first-order valence-corrected chi connectivity index (χ1v) is 3.95. The quantitative estimate of drug-likeness (QED) is 0.594. The Kier molecular flexibility index (Phi) is 2.27. The monoisotopic (exact) mass is 163 g/mol. The number of pyridine rings is 1. The van der Waals surface area contributed by atoms with E-state index in [2.05, 4.69) is 25.8 Å². The van der Waals surface area contributed by atoms with Crippen LogP contribution in [0.5, 0.6) is 0 Å². The van der Waals surface area contributed by atoms with Crippen LogP contribution in [0.1, 0.15) is 36.7 Å². The fourth-order valence-electron chi connectivity index (χ4n) is 1.13. The van der Waals surface area contributed by atoms with Gasteiger partial charge in [0.1, 0.15) is 6.29 Å². The second-order valence-corrected chi connectivity index (χ2v) is 3.83. The van der Waals surface area contributed by atoms with Gasteiger partial charge in [-0.1, -0.05) is 20.8 Å². The highest BCUT2D eigenvalue weighted by Gasteiger charge is 2.17. The molecule has 0 unspecified atom stereocenters. The van der Waals surface area contributed by atoms with Crippen molar-refractivity contribution in [1.29, 1.82) is 0 Å². The van der Waals surface area contributed by atoms with Crippen LogP contribution in [-0.2, 0) is 5.41 Å². The molecule has 0 radical (unpaired) electrons. The normalized spacial score (nSPS) is 11.2. The first-order valence-electron chi connectivity index (χ1n) is 3.95. The SMILES string of the molecule is CC(C)(C)c1cnccc1C=O. The lowest BCUT2D eigenvalue weighted by Crippen LogP contribution is -2.14. The molecule has 1 aromatic rings. The van der Waals surface area contributed by atoms with Gasteiger partial charge in [0, 0.05) is 18.0 Å². The van der Waals surface area contributed by atoms with Crippen molar-refractivity contribution < 1.29 is 4.79 Å². The van der Waals surface area contributed by atoms with Crippen LogP contribution in [-0.4, -0.2) is 11.3 Å². The molecule has 12 heavy (non-hydrogen) atoms. The molecule has 0 amide bonds. The van der Waals surface area contributed by atoms with Crippen molar-refractivity contribution in [1.82, 2.24) is 4.98 Å². The summed E-state index contributed by atoms with van der Waals surface area (Å²) in [5, 5.41) is 0. The minimum absolute atomic E-state index is 0.00942. The van der Waals surface area contributed by atoms with Gasteiger partial charge in [0.05, 0.1) is 0 Å². The molecule has 0 aliphatic rings. The van der Waals surface area contributed by atoms with Gasteiger partial charge in [0.25, 0.3) is 0 Å². The zero-order chi connectivity index (χ0) is 9.19. The number of aromatic nitrogens is 1. The molecule has 0 aliphatic carbocycles. The van der Waals surface area contributed by atoms with Gasteiger partial charge in [-0.25, -0.2) is 0 Å². The average molecular weight is 163 g/mol. The van der Waals surface area contributed by atoms with Crippen molar-refractivity contribution in [2.45, 2.75) is 26.2 Å². The predicted molar refractivity (Wildman–Crippen MR) is 48.3 cm³/mol. The summed E-state index contributed by atoms with van der Waals surface area (Å²) in [5.41, 5.74) is 1.72. The van der Waals surface area contributed by atoms with E-state index in [0.717, 1.165) is 17.4 Å². The van der Waals surface area contributed by atoms with Gasteiger partial charge in [-0.15, -0.1) is 0 Å². The van der Waals surface area contributed by atoms with E-state index >= 15 is 0 Å². The summed E-state index contributed by atoms with van der Waals surface area (Å²) in [6, 6.07) is 1.74. The van der Waals surface area contributed by atoms with Crippen LogP contribution in [0.3, 0.4) is 0 Å². The Labute approximate surface area is 72.6 Å². The lowest BCUT2D eigenvalue weighted by molar-refractivity contribution is 0.112. The minimum atomic E-state index is -0.00942. The van der Waals surface area contributed by atoms with E-state index in [1.54, 1.807) is 18.5 Å². The van der Waals surface area contributed by atoms with Gasteiger partial charge in [0.2, 0.25) is 0 Å². The third kappa shape index (κ3) is 1.70. The van der Waals surface area contributed by atoms with Crippen molar-refractivity contribution in [3.05, 3.63) is 29.6 Å². The average Bonchev–Trinajstić information content (AvgIpc) is 2.03. The van der Waals surface area contributed by atoms with Crippen LogP contribution in [0.15, 0.2) is 18.5 Å². The van der Waals surface area contributed by atoms with Crippen LogP contribution < -0.4 is 0 Å². The highest BCUT2D eigenvalue weighted by molar-refractivity contribution is 5.77. The Morgan fingerprint density at radius 1 is 1.42 bits per heavy atom. The maximum absolute atomic E-state index is 10.6. The molecule has 2 nitrogen and oxygen atoms in total. The molecule has 0 aromatic carbocycles. The second kappa shape index (κ2) is 3.05. The summed E-state index contributed by atoms with van der Waals surface area (Å²) in [7, 11) is 0. The number of carbonyl (C=O) groups excluding carboxylic acids is 1. The Balaban J connectivity index is 3.23. The van der Waals surface area contributed by atoms with E-state index in [1.807, 2.05) is 0 Å². The van der Waals surface area contributed by atoms with E-state index in [9.17, 15) is 4.79 Å². The van der Waals surface area contributed by atoms with Gasteiger partial charge < -0.3 is 0 Å². The van der Waals surface area contributed by atoms with Gasteiger partial charge in [0.15, 0.2) is 0 Å². The molecular formula is C10H13NO. The maximum atomic E-state index is 10.6. The first kappa shape index (κ1) is 8.91. The fraction of sp³-hybridized carbons (Fsp3) is 0.400. The number of rotatable bonds is 1. The Morgan fingerprint density at radius 2 is 2.08 bits per heavy atom. The van der Waals surface area contributed by atoms with Gasteiger partial charge in [-0.3, -0.25) is 9.78 Å². The topological polar surface area (TPSA) is 30.0 Å². The predicted octanol–water partition coefficient (Wildman–Crippen LogP) is 2.19. The standard InChI is InChI=1S/C10H13NO/c1-10(2,3)9-6-11-5-4-8(9)7-12/h4-7H,1-3H3. The van der Waals surface area contributed by atoms with Crippen LogP contribution in [0.4, 0.5) is 0 Å². The molecule has 0 saturated heterocycles. The number of carbonyl (C=O) groups is 1. The lowest BCUT2D eigenvalue weighted by Gasteiger charge is -2.19. The highest BCUT2D eigenvalue weighted by Crippen LogP contribution is 2.23. The van der Waals surface area contributed by atoms with Crippen molar-refractivity contribution in [3.8, 4) is 0 Å². The van der Waals surface area contributed by atoms with Crippen LogP contribution >= 0.6 is 0 Å². The lowest BCUT2D eigenvalue weighted by atomic mass is 9.85. The molecule has 2 heteroatoms. The van der Waals surface area contributed by atoms with E-state index in [-0.39, 0.29) is 5.41 Å². The zero-order valence-corrected chi connectivity index (χ0v) is 7.66. The van der Waals surface area contributed by atoms with E-state index in [1.165, 1.54) is 0 Å². The largest absolute Gasteiger partial charge is 0.298 e. The van der Waals surface area contributed by atoms with E-state index < -0.39 is 0 Å². The molecule has 1 rings (SSSR count). The highest BCUT2D eigenvalue weighted by atomic mass is 16.1. The summed E-state index contributed by atoms with van der Waals surface area (Å²) in [6.07, 6.45) is 4.27. The molecule has 0 N–H and O–H groups in total. The van der Waals surface area contributed by atoms with Gasteiger partial charge in [-0.05, 0) is 17.0 Å². The van der Waals surface area contributed by atoms with Crippen molar-refractivity contribution in [2.75, 3.05) is 0 Å². The number of hydrogen-bond acceptors (Lipinski definition) is 2. The number of aldehydes is 1. The van der Waals surface area contributed by atoms with Gasteiger partial charge >= 0.3 is 0 Å². The summed E-state index contributed by atoms with van der Waals surface area (Å²) in [5.74, 6) is 0. The third-order valence-electron chi connectivity index (χ3n) is 1.79. The number of hydrogen-bond donors (Lipinski definition) is 0. The third-order valence-corrected chi connectivity index (χ3v) is 1.79. The summed E-state index contributed by atoms with van der Waals surface area (Å²) < 4.78 is 0. The zero-order valence-electron chi connectivity index (χ0n) is 7.66. The number of nitrogens with zero attached hydrogens (tertiary/aromatic N) is 1. The molecule has 0 atom stereocenters. The molecule has 1 aromatic heterocycles. The first-order chi connectivity index (χ1) is 5.55. The van der Waals surface area contributed by atoms with E-state index in [0.29, 0.717) is 0 Å². The fourth-order valence-corrected chi connectivity index (χ4v) is 1.13. The second-order valence-electron chi connectivity index (χ2n) is 3.83. The summed E-state index contributed by atoms with van der Waals surface area (Å²) in [4.78, 5) is 14.6. The summed E-state index contributed by atoms with van der Waals surface area (Å²) in [6.45, 7) is 6.20. The molecule has 0 bridgehead atoms. The molecule has 0 saturated carbocycles. The molecule has 0 aliphatic heterocycles. The van der Waals surface area contributed by atoms with Gasteiger partial charge in [-0.2, -0.15) is 0 Å². The Hall–Kier alpha value is -1.18. The summed E-state index contributed by atoms with van der Waals surface area (Å²) >= 11 is 0.